The second-order valence-electron chi connectivity index (χ2n) is 4.99. The summed E-state index contributed by atoms with van der Waals surface area (Å²) in [5.41, 5.74) is 0. The van der Waals surface area contributed by atoms with Crippen molar-refractivity contribution in [1.82, 2.24) is 4.90 Å². The van der Waals surface area contributed by atoms with E-state index in [2.05, 4.69) is 6.58 Å². The summed E-state index contributed by atoms with van der Waals surface area (Å²) in [5.74, 6) is -0.108. The SMILES string of the molecule is C=CC(=O)N(CC)CC1COCCOCCOCCOCCO1. The number of ether oxygens (including phenoxy) is 5. The van der Waals surface area contributed by atoms with Crippen LogP contribution >= 0.6 is 0 Å². The van der Waals surface area contributed by atoms with E-state index in [9.17, 15) is 4.79 Å². The van der Waals surface area contributed by atoms with E-state index in [0.717, 1.165) is 0 Å². The summed E-state index contributed by atoms with van der Waals surface area (Å²) in [5, 5.41) is 0. The maximum absolute atomic E-state index is 11.8. The Balaban J connectivity index is 2.44. The van der Waals surface area contributed by atoms with Gasteiger partial charge in [0.25, 0.3) is 0 Å². The van der Waals surface area contributed by atoms with Gasteiger partial charge in [-0.1, -0.05) is 6.58 Å². The van der Waals surface area contributed by atoms with Gasteiger partial charge in [-0.3, -0.25) is 4.79 Å². The Hall–Kier alpha value is -0.990. The summed E-state index contributed by atoms with van der Waals surface area (Å²) >= 11 is 0. The van der Waals surface area contributed by atoms with Crippen LogP contribution in [0.1, 0.15) is 6.92 Å². The molecule has 134 valence electrons. The van der Waals surface area contributed by atoms with Gasteiger partial charge < -0.3 is 28.6 Å². The van der Waals surface area contributed by atoms with Crippen LogP contribution in [0, 0.1) is 0 Å². The Bertz CT molecular complexity index is 310. The molecule has 7 nitrogen and oxygen atoms in total. The molecule has 1 heterocycles. The van der Waals surface area contributed by atoms with Crippen molar-refractivity contribution in [2.75, 3.05) is 72.6 Å². The Morgan fingerprint density at radius 3 is 2.04 bits per heavy atom. The van der Waals surface area contributed by atoms with E-state index >= 15 is 0 Å². The van der Waals surface area contributed by atoms with Gasteiger partial charge in [0.15, 0.2) is 0 Å². The minimum absolute atomic E-state index is 0.108. The largest absolute Gasteiger partial charge is 0.377 e. The van der Waals surface area contributed by atoms with Gasteiger partial charge in [-0.05, 0) is 13.0 Å². The lowest BCUT2D eigenvalue weighted by Crippen LogP contribution is -2.40. The van der Waals surface area contributed by atoms with Gasteiger partial charge in [0.05, 0.1) is 65.6 Å². The lowest BCUT2D eigenvalue weighted by atomic mass is 10.3. The van der Waals surface area contributed by atoms with Crippen molar-refractivity contribution in [1.29, 1.82) is 0 Å². The average molecular weight is 331 g/mol. The third kappa shape index (κ3) is 9.68. The molecule has 0 aliphatic carbocycles. The van der Waals surface area contributed by atoms with Crippen molar-refractivity contribution in [2.45, 2.75) is 13.0 Å². The average Bonchev–Trinajstić information content (AvgIpc) is 2.58. The summed E-state index contributed by atoms with van der Waals surface area (Å²) in [6.07, 6.45) is 1.11. The summed E-state index contributed by atoms with van der Waals surface area (Å²) in [6, 6.07) is 0. The molecule has 1 rings (SSSR count). The van der Waals surface area contributed by atoms with Crippen molar-refractivity contribution in [2.24, 2.45) is 0 Å². The molecule has 0 aromatic carbocycles. The molecule has 1 unspecified atom stereocenters. The number of hydrogen-bond donors (Lipinski definition) is 0. The molecule has 0 radical (unpaired) electrons. The standard InChI is InChI=1S/C16H29NO6/c1-3-16(18)17(4-2)13-15-14-22-10-9-20-6-5-19-7-8-21-11-12-23-15/h3,15H,1,4-14H2,2H3. The van der Waals surface area contributed by atoms with Crippen LogP contribution < -0.4 is 0 Å². The van der Waals surface area contributed by atoms with Crippen molar-refractivity contribution in [3.05, 3.63) is 12.7 Å². The van der Waals surface area contributed by atoms with Crippen molar-refractivity contribution in [3.8, 4) is 0 Å². The summed E-state index contributed by atoms with van der Waals surface area (Å²) in [4.78, 5) is 13.4. The molecule has 0 spiro atoms. The molecular formula is C16H29NO6. The first-order chi connectivity index (χ1) is 11.3. The van der Waals surface area contributed by atoms with Gasteiger partial charge in [0.2, 0.25) is 5.91 Å². The molecule has 0 saturated carbocycles. The molecule has 0 aromatic rings. The predicted molar refractivity (Wildman–Crippen MR) is 85.5 cm³/mol. The molecule has 1 atom stereocenters. The Kier molecular flexibility index (Phi) is 11.7. The third-order valence-electron chi connectivity index (χ3n) is 3.29. The van der Waals surface area contributed by atoms with Crippen LogP contribution in [-0.4, -0.2) is 89.5 Å². The molecule has 1 amide bonds. The first-order valence-corrected chi connectivity index (χ1v) is 8.11. The Labute approximate surface area is 138 Å². The summed E-state index contributed by atoms with van der Waals surface area (Å²) in [6.45, 7) is 11.0. The number of amides is 1. The highest BCUT2D eigenvalue weighted by molar-refractivity contribution is 5.86. The second kappa shape index (κ2) is 13.4. The first-order valence-electron chi connectivity index (χ1n) is 8.11. The van der Waals surface area contributed by atoms with Crippen LogP contribution in [0.25, 0.3) is 0 Å². The normalized spacial score (nSPS) is 22.6. The van der Waals surface area contributed by atoms with E-state index in [-0.39, 0.29) is 12.0 Å². The zero-order chi connectivity index (χ0) is 16.8. The van der Waals surface area contributed by atoms with Gasteiger partial charge in [-0.25, -0.2) is 0 Å². The summed E-state index contributed by atoms with van der Waals surface area (Å²) in [7, 11) is 0. The van der Waals surface area contributed by atoms with E-state index in [1.165, 1.54) is 6.08 Å². The number of rotatable bonds is 4. The molecule has 1 aliphatic heterocycles. The van der Waals surface area contributed by atoms with E-state index in [1.807, 2.05) is 6.92 Å². The minimum atomic E-state index is -0.205. The van der Waals surface area contributed by atoms with Crippen molar-refractivity contribution < 1.29 is 28.5 Å². The van der Waals surface area contributed by atoms with E-state index in [4.69, 9.17) is 23.7 Å². The van der Waals surface area contributed by atoms with Gasteiger partial charge in [0, 0.05) is 13.1 Å². The van der Waals surface area contributed by atoms with Gasteiger partial charge >= 0.3 is 0 Å². The Morgan fingerprint density at radius 2 is 1.52 bits per heavy atom. The number of likely N-dealkylation sites (N-methyl/N-ethyl adjacent to an activating group) is 1. The highest BCUT2D eigenvalue weighted by atomic mass is 16.6. The number of hydrogen-bond acceptors (Lipinski definition) is 6. The van der Waals surface area contributed by atoms with Gasteiger partial charge in [-0.2, -0.15) is 0 Å². The molecule has 1 saturated heterocycles. The van der Waals surface area contributed by atoms with Gasteiger partial charge in [-0.15, -0.1) is 0 Å². The molecular weight excluding hydrogens is 302 g/mol. The fraction of sp³-hybridized carbons (Fsp3) is 0.812. The molecule has 1 aliphatic rings. The first kappa shape index (κ1) is 20.1. The molecule has 23 heavy (non-hydrogen) atoms. The van der Waals surface area contributed by atoms with Crippen LogP contribution in [0.15, 0.2) is 12.7 Å². The van der Waals surface area contributed by atoms with E-state index < -0.39 is 0 Å². The maximum atomic E-state index is 11.8. The molecule has 7 heteroatoms. The lowest BCUT2D eigenvalue weighted by molar-refractivity contribution is -0.129. The van der Waals surface area contributed by atoms with E-state index in [0.29, 0.717) is 72.6 Å². The highest BCUT2D eigenvalue weighted by Crippen LogP contribution is 2.01. The second-order valence-corrected chi connectivity index (χ2v) is 4.99. The van der Waals surface area contributed by atoms with Crippen molar-refractivity contribution in [3.63, 3.8) is 0 Å². The van der Waals surface area contributed by atoms with E-state index in [1.54, 1.807) is 4.90 Å². The maximum Gasteiger partial charge on any atom is 0.246 e. The molecule has 1 fully saturated rings. The smallest absolute Gasteiger partial charge is 0.246 e. The molecule has 0 aromatic heterocycles. The Morgan fingerprint density at radius 1 is 1.00 bits per heavy atom. The van der Waals surface area contributed by atoms with Crippen molar-refractivity contribution >= 4 is 5.91 Å². The number of carbonyl (C=O) groups is 1. The van der Waals surface area contributed by atoms with Crippen LogP contribution in [-0.2, 0) is 28.5 Å². The monoisotopic (exact) mass is 331 g/mol. The number of nitrogens with zero attached hydrogens (tertiary/aromatic N) is 1. The molecule has 0 N–H and O–H groups in total. The lowest BCUT2D eigenvalue weighted by Gasteiger charge is -2.26. The van der Waals surface area contributed by atoms with Gasteiger partial charge in [0.1, 0.15) is 0 Å². The van der Waals surface area contributed by atoms with Crippen LogP contribution in [0.2, 0.25) is 0 Å². The fourth-order valence-electron chi connectivity index (χ4n) is 2.05. The quantitative estimate of drug-likeness (QED) is 0.699. The zero-order valence-corrected chi connectivity index (χ0v) is 14.0. The topological polar surface area (TPSA) is 66.5 Å². The zero-order valence-electron chi connectivity index (χ0n) is 14.0. The molecule has 0 bridgehead atoms. The van der Waals surface area contributed by atoms with Crippen LogP contribution in [0.3, 0.4) is 0 Å². The minimum Gasteiger partial charge on any atom is -0.377 e. The number of carbonyl (C=O) groups excluding carboxylic acids is 1. The highest BCUT2D eigenvalue weighted by Gasteiger charge is 2.17. The van der Waals surface area contributed by atoms with Crippen LogP contribution in [0.4, 0.5) is 0 Å². The fourth-order valence-corrected chi connectivity index (χ4v) is 2.05. The summed E-state index contributed by atoms with van der Waals surface area (Å²) < 4.78 is 27.5. The third-order valence-corrected chi connectivity index (χ3v) is 3.29. The predicted octanol–water partition coefficient (Wildman–Crippen LogP) is 0.486. The van der Waals surface area contributed by atoms with Crippen LogP contribution in [0.5, 0.6) is 0 Å².